The van der Waals surface area contributed by atoms with Gasteiger partial charge in [-0.05, 0) is 19.8 Å². The summed E-state index contributed by atoms with van der Waals surface area (Å²) in [6.07, 6.45) is 3.82. The number of halogens is 1. The predicted octanol–water partition coefficient (Wildman–Crippen LogP) is 2.14. The summed E-state index contributed by atoms with van der Waals surface area (Å²) in [4.78, 5) is 10.4. The van der Waals surface area contributed by atoms with Gasteiger partial charge in [0.1, 0.15) is 6.33 Å². The van der Waals surface area contributed by atoms with Crippen LogP contribution in [-0.2, 0) is 4.74 Å². The van der Waals surface area contributed by atoms with Crippen LogP contribution in [0.2, 0.25) is 5.15 Å². The number of rotatable bonds is 4. The summed E-state index contributed by atoms with van der Waals surface area (Å²) in [5.41, 5.74) is 0. The lowest BCUT2D eigenvalue weighted by Crippen LogP contribution is -2.37. The van der Waals surface area contributed by atoms with Crippen molar-refractivity contribution in [2.75, 3.05) is 31.7 Å². The van der Waals surface area contributed by atoms with Crippen molar-refractivity contribution in [2.45, 2.75) is 25.9 Å². The van der Waals surface area contributed by atoms with Crippen LogP contribution in [-0.4, -0.2) is 42.9 Å². The molecule has 2 heterocycles. The van der Waals surface area contributed by atoms with Crippen molar-refractivity contribution in [3.05, 3.63) is 11.5 Å². The van der Waals surface area contributed by atoms with Gasteiger partial charge in [-0.15, -0.1) is 0 Å². The first-order chi connectivity index (χ1) is 8.76. The molecular formula is C12H18ClN3O2. The molecule has 5 nitrogen and oxygen atoms in total. The molecule has 1 aliphatic rings. The van der Waals surface area contributed by atoms with Crippen molar-refractivity contribution in [1.82, 2.24) is 9.97 Å². The maximum Gasteiger partial charge on any atom is 0.199 e. The molecule has 0 spiro atoms. The molecule has 0 atom stereocenters. The van der Waals surface area contributed by atoms with E-state index < -0.39 is 0 Å². The molecule has 100 valence electrons. The molecule has 2 rings (SSSR count). The maximum atomic E-state index is 6.00. The first kappa shape index (κ1) is 13.4. The zero-order valence-electron chi connectivity index (χ0n) is 10.7. The third-order valence-electron chi connectivity index (χ3n) is 3.09. The number of aromatic nitrogens is 2. The van der Waals surface area contributed by atoms with Gasteiger partial charge in [0.05, 0.1) is 13.2 Å². The fraction of sp³-hybridized carbons (Fsp3) is 0.667. The first-order valence-corrected chi connectivity index (χ1v) is 6.55. The summed E-state index contributed by atoms with van der Waals surface area (Å²) >= 11 is 6.00. The largest absolute Gasteiger partial charge is 0.490 e. The molecule has 0 amide bonds. The molecule has 1 saturated heterocycles. The molecule has 0 saturated carbocycles. The van der Waals surface area contributed by atoms with Crippen LogP contribution in [0.4, 0.5) is 5.82 Å². The minimum absolute atomic E-state index is 0.356. The molecule has 1 aliphatic heterocycles. The lowest BCUT2D eigenvalue weighted by atomic mass is 10.1. The summed E-state index contributed by atoms with van der Waals surface area (Å²) in [7, 11) is 1.58. The zero-order chi connectivity index (χ0) is 13.0. The number of nitrogens with zero attached hydrogens (tertiary/aromatic N) is 3. The van der Waals surface area contributed by atoms with E-state index in [9.17, 15) is 0 Å². The fourth-order valence-electron chi connectivity index (χ4n) is 2.21. The number of anilines is 1. The van der Waals surface area contributed by atoms with Crippen molar-refractivity contribution in [2.24, 2.45) is 0 Å². The van der Waals surface area contributed by atoms with E-state index in [0.29, 0.717) is 17.0 Å². The smallest absolute Gasteiger partial charge is 0.199 e. The minimum atomic E-state index is 0.356. The lowest BCUT2D eigenvalue weighted by Gasteiger charge is -2.33. The predicted molar refractivity (Wildman–Crippen MR) is 70.5 cm³/mol. The fourth-order valence-corrected chi connectivity index (χ4v) is 2.42. The van der Waals surface area contributed by atoms with E-state index in [1.807, 2.05) is 6.92 Å². The van der Waals surface area contributed by atoms with Crippen molar-refractivity contribution >= 4 is 17.4 Å². The second-order valence-corrected chi connectivity index (χ2v) is 4.52. The van der Waals surface area contributed by atoms with Gasteiger partial charge in [-0.3, -0.25) is 0 Å². The number of piperidine rings is 1. The molecular weight excluding hydrogens is 254 g/mol. The molecule has 0 radical (unpaired) electrons. The maximum absolute atomic E-state index is 6.00. The normalized spacial score (nSPS) is 16.9. The summed E-state index contributed by atoms with van der Waals surface area (Å²) in [6.45, 7) is 4.59. The van der Waals surface area contributed by atoms with Gasteiger partial charge in [-0.2, -0.15) is 0 Å². The second kappa shape index (κ2) is 6.20. The number of hydrogen-bond acceptors (Lipinski definition) is 5. The van der Waals surface area contributed by atoms with Crippen LogP contribution in [0.5, 0.6) is 5.75 Å². The van der Waals surface area contributed by atoms with Gasteiger partial charge in [-0.1, -0.05) is 11.6 Å². The number of hydrogen-bond donors (Lipinski definition) is 0. The highest BCUT2D eigenvalue weighted by Gasteiger charge is 2.23. The lowest BCUT2D eigenvalue weighted by molar-refractivity contribution is 0.0458. The second-order valence-electron chi connectivity index (χ2n) is 4.16. The Labute approximate surface area is 112 Å². The van der Waals surface area contributed by atoms with Crippen LogP contribution in [0.3, 0.4) is 0 Å². The van der Waals surface area contributed by atoms with Gasteiger partial charge in [-0.25, -0.2) is 9.97 Å². The third kappa shape index (κ3) is 2.84. The summed E-state index contributed by atoms with van der Waals surface area (Å²) in [6, 6.07) is 0. The Morgan fingerprint density at radius 1 is 1.39 bits per heavy atom. The van der Waals surface area contributed by atoms with Gasteiger partial charge in [0.25, 0.3) is 0 Å². The molecule has 0 aliphatic carbocycles. The van der Waals surface area contributed by atoms with E-state index in [-0.39, 0.29) is 0 Å². The van der Waals surface area contributed by atoms with E-state index in [2.05, 4.69) is 14.9 Å². The molecule has 18 heavy (non-hydrogen) atoms. The van der Waals surface area contributed by atoms with Gasteiger partial charge < -0.3 is 14.4 Å². The average molecular weight is 272 g/mol. The number of methoxy groups -OCH3 is 1. The summed E-state index contributed by atoms with van der Waals surface area (Å²) in [5.74, 6) is 1.32. The first-order valence-electron chi connectivity index (χ1n) is 6.17. The molecule has 1 fully saturated rings. The molecule has 6 heteroatoms. The van der Waals surface area contributed by atoms with Crippen LogP contribution in [0, 0.1) is 0 Å². The van der Waals surface area contributed by atoms with Crippen molar-refractivity contribution in [3.63, 3.8) is 0 Å². The monoisotopic (exact) mass is 271 g/mol. The molecule has 1 aromatic heterocycles. The van der Waals surface area contributed by atoms with Crippen LogP contribution in [0.1, 0.15) is 19.8 Å². The quantitative estimate of drug-likeness (QED) is 0.786. The Balaban J connectivity index is 2.07. The van der Waals surface area contributed by atoms with E-state index in [0.717, 1.165) is 38.4 Å². The SMILES string of the molecule is CCOC1CCN(c2ncnc(Cl)c2OC)CC1. The highest BCUT2D eigenvalue weighted by atomic mass is 35.5. The van der Waals surface area contributed by atoms with Crippen LogP contribution >= 0.6 is 11.6 Å². The average Bonchev–Trinajstić information content (AvgIpc) is 2.40. The minimum Gasteiger partial charge on any atom is -0.490 e. The topological polar surface area (TPSA) is 47.5 Å². The van der Waals surface area contributed by atoms with Crippen molar-refractivity contribution in [1.29, 1.82) is 0 Å². The highest BCUT2D eigenvalue weighted by Crippen LogP contribution is 2.33. The van der Waals surface area contributed by atoms with Crippen LogP contribution < -0.4 is 9.64 Å². The Bertz CT molecular complexity index is 395. The summed E-state index contributed by atoms with van der Waals surface area (Å²) < 4.78 is 10.9. The van der Waals surface area contributed by atoms with E-state index in [1.54, 1.807) is 7.11 Å². The standard InChI is InChI=1S/C12H18ClN3O2/c1-3-18-9-4-6-16(7-5-9)12-10(17-2)11(13)14-8-15-12/h8-9H,3-7H2,1-2H3. The highest BCUT2D eigenvalue weighted by molar-refractivity contribution is 6.31. The van der Waals surface area contributed by atoms with Crippen LogP contribution in [0.15, 0.2) is 6.33 Å². The van der Waals surface area contributed by atoms with Crippen LogP contribution in [0.25, 0.3) is 0 Å². The van der Waals surface area contributed by atoms with Gasteiger partial charge in [0.2, 0.25) is 0 Å². The third-order valence-corrected chi connectivity index (χ3v) is 3.36. The molecule has 0 aromatic carbocycles. The molecule has 0 unspecified atom stereocenters. The Hall–Kier alpha value is -1.07. The van der Waals surface area contributed by atoms with Gasteiger partial charge in [0, 0.05) is 19.7 Å². The van der Waals surface area contributed by atoms with Crippen molar-refractivity contribution < 1.29 is 9.47 Å². The number of ether oxygens (including phenoxy) is 2. The van der Waals surface area contributed by atoms with Crippen molar-refractivity contribution in [3.8, 4) is 5.75 Å². The van der Waals surface area contributed by atoms with Gasteiger partial charge >= 0.3 is 0 Å². The molecule has 1 aromatic rings. The Morgan fingerprint density at radius 2 is 2.11 bits per heavy atom. The summed E-state index contributed by atoms with van der Waals surface area (Å²) in [5, 5.41) is 0.356. The zero-order valence-corrected chi connectivity index (χ0v) is 11.5. The Kier molecular flexibility index (Phi) is 4.60. The van der Waals surface area contributed by atoms with E-state index in [4.69, 9.17) is 21.1 Å². The van der Waals surface area contributed by atoms with E-state index in [1.165, 1.54) is 6.33 Å². The van der Waals surface area contributed by atoms with Gasteiger partial charge in [0.15, 0.2) is 16.7 Å². The van der Waals surface area contributed by atoms with E-state index >= 15 is 0 Å². The Morgan fingerprint density at radius 3 is 2.72 bits per heavy atom. The molecule has 0 N–H and O–H groups in total. The molecule has 0 bridgehead atoms.